The third-order valence-electron chi connectivity index (χ3n) is 4.27. The molecule has 1 heterocycles. The van der Waals surface area contributed by atoms with Crippen molar-refractivity contribution in [2.45, 2.75) is 30.7 Å². The Balaban J connectivity index is 1.51. The van der Waals surface area contributed by atoms with Crippen LogP contribution in [0.25, 0.3) is 0 Å². The highest BCUT2D eigenvalue weighted by Gasteiger charge is 2.17. The Morgan fingerprint density at radius 2 is 1.81 bits per heavy atom. The van der Waals surface area contributed by atoms with E-state index in [4.69, 9.17) is 9.47 Å². The van der Waals surface area contributed by atoms with E-state index in [2.05, 4.69) is 5.32 Å². The van der Waals surface area contributed by atoms with Gasteiger partial charge >= 0.3 is 0 Å². The summed E-state index contributed by atoms with van der Waals surface area (Å²) >= 11 is 1.63. The van der Waals surface area contributed by atoms with Crippen LogP contribution in [0.2, 0.25) is 0 Å². The number of thioether (sulfide) groups is 1. The standard InChI is InChI=1S/C20H21NO4S/c1-13(15-5-9-18-19(11-15)25-12-24-18)21-20(23)10-8-17(22)14-3-6-16(26-2)7-4-14/h3-7,9,11,13H,8,10,12H2,1-2H3,(H,21,23)/t13-/m0/s1. The van der Waals surface area contributed by atoms with E-state index in [0.717, 1.165) is 10.5 Å². The van der Waals surface area contributed by atoms with Gasteiger partial charge in [0.05, 0.1) is 6.04 Å². The van der Waals surface area contributed by atoms with Crippen LogP contribution in [-0.2, 0) is 4.79 Å². The molecule has 1 N–H and O–H groups in total. The molecule has 1 amide bonds. The van der Waals surface area contributed by atoms with E-state index < -0.39 is 0 Å². The van der Waals surface area contributed by atoms with Gasteiger partial charge in [0.15, 0.2) is 17.3 Å². The lowest BCUT2D eigenvalue weighted by atomic mass is 10.1. The van der Waals surface area contributed by atoms with Crippen LogP contribution in [0.4, 0.5) is 0 Å². The van der Waals surface area contributed by atoms with Crippen LogP contribution in [0.1, 0.15) is 41.7 Å². The fourth-order valence-electron chi connectivity index (χ4n) is 2.73. The van der Waals surface area contributed by atoms with Crippen molar-refractivity contribution in [2.75, 3.05) is 13.0 Å². The molecule has 3 rings (SSSR count). The van der Waals surface area contributed by atoms with Crippen molar-refractivity contribution in [1.29, 1.82) is 0 Å². The Labute approximate surface area is 157 Å². The van der Waals surface area contributed by atoms with Crippen molar-refractivity contribution in [3.63, 3.8) is 0 Å². The van der Waals surface area contributed by atoms with E-state index in [1.807, 2.05) is 43.5 Å². The van der Waals surface area contributed by atoms with E-state index in [1.165, 1.54) is 0 Å². The highest BCUT2D eigenvalue weighted by Crippen LogP contribution is 2.34. The zero-order chi connectivity index (χ0) is 18.5. The summed E-state index contributed by atoms with van der Waals surface area (Å²) in [6.45, 7) is 2.12. The van der Waals surface area contributed by atoms with E-state index in [1.54, 1.807) is 23.9 Å². The van der Waals surface area contributed by atoms with Crippen molar-refractivity contribution in [2.24, 2.45) is 0 Å². The Hall–Kier alpha value is -2.47. The van der Waals surface area contributed by atoms with Gasteiger partial charge in [-0.05, 0) is 43.0 Å². The molecule has 0 aromatic heterocycles. The molecule has 0 bridgehead atoms. The number of benzene rings is 2. The predicted molar refractivity (Wildman–Crippen MR) is 101 cm³/mol. The maximum atomic E-state index is 12.2. The number of fused-ring (bicyclic) bond motifs is 1. The number of carbonyl (C=O) groups excluding carboxylic acids is 2. The van der Waals surface area contributed by atoms with Gasteiger partial charge in [-0.2, -0.15) is 0 Å². The second kappa shape index (κ2) is 8.27. The number of Topliss-reactive ketones (excluding diaryl/α,β-unsaturated/α-hetero) is 1. The molecule has 0 saturated carbocycles. The molecule has 1 aliphatic heterocycles. The molecule has 0 unspecified atom stereocenters. The summed E-state index contributed by atoms with van der Waals surface area (Å²) in [5.74, 6) is 1.23. The highest BCUT2D eigenvalue weighted by molar-refractivity contribution is 7.98. The quantitative estimate of drug-likeness (QED) is 0.589. The van der Waals surface area contributed by atoms with Gasteiger partial charge in [-0.1, -0.05) is 18.2 Å². The number of ketones is 1. The van der Waals surface area contributed by atoms with Gasteiger partial charge in [0, 0.05) is 23.3 Å². The summed E-state index contributed by atoms with van der Waals surface area (Å²) in [6, 6.07) is 12.9. The van der Waals surface area contributed by atoms with Crippen molar-refractivity contribution in [1.82, 2.24) is 5.32 Å². The van der Waals surface area contributed by atoms with Crippen molar-refractivity contribution >= 4 is 23.5 Å². The maximum Gasteiger partial charge on any atom is 0.231 e. The fraction of sp³-hybridized carbons (Fsp3) is 0.300. The lowest BCUT2D eigenvalue weighted by molar-refractivity contribution is -0.121. The average Bonchev–Trinajstić information content (AvgIpc) is 3.14. The third-order valence-corrected chi connectivity index (χ3v) is 5.01. The molecule has 0 radical (unpaired) electrons. The van der Waals surface area contributed by atoms with Gasteiger partial charge in [-0.3, -0.25) is 9.59 Å². The Kier molecular flexibility index (Phi) is 5.83. The average molecular weight is 371 g/mol. The van der Waals surface area contributed by atoms with Crippen LogP contribution < -0.4 is 14.8 Å². The van der Waals surface area contributed by atoms with E-state index >= 15 is 0 Å². The minimum atomic E-state index is -0.173. The monoisotopic (exact) mass is 371 g/mol. The molecule has 2 aromatic carbocycles. The minimum absolute atomic E-state index is 0.0245. The third kappa shape index (κ3) is 4.38. The molecule has 5 nitrogen and oxygen atoms in total. The zero-order valence-corrected chi connectivity index (χ0v) is 15.6. The Bertz CT molecular complexity index is 804. The summed E-state index contributed by atoms with van der Waals surface area (Å²) in [5, 5.41) is 2.92. The molecular formula is C20H21NO4S. The first-order valence-corrected chi connectivity index (χ1v) is 9.65. The lowest BCUT2D eigenvalue weighted by Crippen LogP contribution is -2.26. The first kappa shape index (κ1) is 18.3. The maximum absolute atomic E-state index is 12.2. The summed E-state index contributed by atoms with van der Waals surface area (Å²) in [5.41, 5.74) is 1.57. The van der Waals surface area contributed by atoms with Crippen LogP contribution in [-0.4, -0.2) is 24.7 Å². The van der Waals surface area contributed by atoms with Crippen LogP contribution in [0.15, 0.2) is 47.4 Å². The second-order valence-electron chi connectivity index (χ2n) is 6.05. The first-order valence-electron chi connectivity index (χ1n) is 8.43. The largest absolute Gasteiger partial charge is 0.454 e. The molecular weight excluding hydrogens is 350 g/mol. The number of rotatable bonds is 7. The minimum Gasteiger partial charge on any atom is -0.454 e. The van der Waals surface area contributed by atoms with Gasteiger partial charge < -0.3 is 14.8 Å². The van der Waals surface area contributed by atoms with Gasteiger partial charge in [0.2, 0.25) is 12.7 Å². The van der Waals surface area contributed by atoms with E-state index in [-0.39, 0.29) is 37.4 Å². The molecule has 1 atom stereocenters. The number of amides is 1. The number of ether oxygens (including phenoxy) is 2. The zero-order valence-electron chi connectivity index (χ0n) is 14.8. The van der Waals surface area contributed by atoms with Crippen molar-refractivity contribution in [3.05, 3.63) is 53.6 Å². The van der Waals surface area contributed by atoms with E-state index in [0.29, 0.717) is 17.1 Å². The molecule has 6 heteroatoms. The Morgan fingerprint density at radius 3 is 2.54 bits per heavy atom. The molecule has 26 heavy (non-hydrogen) atoms. The predicted octanol–water partition coefficient (Wildman–Crippen LogP) is 3.98. The fourth-order valence-corrected chi connectivity index (χ4v) is 3.14. The summed E-state index contributed by atoms with van der Waals surface area (Å²) in [7, 11) is 0. The van der Waals surface area contributed by atoms with E-state index in [9.17, 15) is 9.59 Å². The normalized spacial score (nSPS) is 13.3. The number of nitrogens with one attached hydrogen (secondary N) is 1. The van der Waals surface area contributed by atoms with Crippen LogP contribution in [0, 0.1) is 0 Å². The topological polar surface area (TPSA) is 64.6 Å². The smallest absolute Gasteiger partial charge is 0.231 e. The Morgan fingerprint density at radius 1 is 1.08 bits per heavy atom. The van der Waals surface area contributed by atoms with Gasteiger partial charge in [-0.25, -0.2) is 0 Å². The van der Waals surface area contributed by atoms with Crippen molar-refractivity contribution in [3.8, 4) is 11.5 Å². The van der Waals surface area contributed by atoms with Crippen LogP contribution >= 0.6 is 11.8 Å². The first-order chi connectivity index (χ1) is 12.6. The summed E-state index contributed by atoms with van der Waals surface area (Å²) in [4.78, 5) is 25.5. The lowest BCUT2D eigenvalue weighted by Gasteiger charge is -2.14. The van der Waals surface area contributed by atoms with Gasteiger partial charge in [0.1, 0.15) is 0 Å². The molecule has 0 spiro atoms. The van der Waals surface area contributed by atoms with Gasteiger partial charge in [-0.15, -0.1) is 11.8 Å². The molecule has 1 aliphatic rings. The molecule has 0 fully saturated rings. The molecule has 0 aliphatic carbocycles. The highest BCUT2D eigenvalue weighted by atomic mass is 32.2. The second-order valence-corrected chi connectivity index (χ2v) is 6.93. The van der Waals surface area contributed by atoms with Gasteiger partial charge in [0.25, 0.3) is 0 Å². The number of carbonyl (C=O) groups is 2. The molecule has 0 saturated heterocycles. The summed E-state index contributed by atoms with van der Waals surface area (Å²) in [6.07, 6.45) is 2.35. The molecule has 136 valence electrons. The number of hydrogen-bond donors (Lipinski definition) is 1. The van der Waals surface area contributed by atoms with Crippen LogP contribution in [0.3, 0.4) is 0 Å². The SMILES string of the molecule is CSc1ccc(C(=O)CCC(=O)N[C@@H](C)c2ccc3c(c2)OCO3)cc1. The molecule has 2 aromatic rings. The van der Waals surface area contributed by atoms with Crippen LogP contribution in [0.5, 0.6) is 11.5 Å². The van der Waals surface area contributed by atoms with Crippen molar-refractivity contribution < 1.29 is 19.1 Å². The summed E-state index contributed by atoms with van der Waals surface area (Å²) < 4.78 is 10.6. The number of hydrogen-bond acceptors (Lipinski definition) is 5.